The maximum absolute atomic E-state index is 12.4. The molecule has 4 heteroatoms. The van der Waals surface area contributed by atoms with Crippen LogP contribution in [-0.2, 0) is 13.0 Å². The molecular formula is C16H17N3O. The molecule has 2 aromatic rings. The highest BCUT2D eigenvalue weighted by molar-refractivity contribution is 6.05. The molecule has 20 heavy (non-hydrogen) atoms. The minimum absolute atomic E-state index is 0.0816. The van der Waals surface area contributed by atoms with E-state index in [1.807, 2.05) is 31.2 Å². The van der Waals surface area contributed by atoms with E-state index in [2.05, 4.69) is 21.7 Å². The summed E-state index contributed by atoms with van der Waals surface area (Å²) in [5.74, 6) is 0.517. The van der Waals surface area contributed by atoms with Crippen molar-refractivity contribution in [3.05, 3.63) is 58.8 Å². The molecule has 102 valence electrons. The molecule has 0 spiro atoms. The standard InChI is InChI=1S/C16H17N3O/c1-11-5-8-18-15(9-11)19-16(20)14-4-2-3-12-10-17-7-6-13(12)14/h2-5,8-9,17H,6-7,10H2,1H3,(H,18,19,20). The predicted octanol–water partition coefficient (Wildman–Crippen LogP) is 2.29. The number of nitrogens with zero attached hydrogens (tertiary/aromatic N) is 1. The molecule has 2 heterocycles. The number of nitrogens with one attached hydrogen (secondary N) is 2. The smallest absolute Gasteiger partial charge is 0.257 e. The van der Waals surface area contributed by atoms with Crippen LogP contribution in [0.4, 0.5) is 5.82 Å². The number of rotatable bonds is 2. The van der Waals surface area contributed by atoms with E-state index in [4.69, 9.17) is 0 Å². The van der Waals surface area contributed by atoms with Crippen molar-refractivity contribution in [1.29, 1.82) is 0 Å². The zero-order chi connectivity index (χ0) is 13.9. The first-order chi connectivity index (χ1) is 9.74. The van der Waals surface area contributed by atoms with Gasteiger partial charge >= 0.3 is 0 Å². The SMILES string of the molecule is Cc1ccnc(NC(=O)c2cccc3c2CCNC3)c1. The fourth-order valence-corrected chi connectivity index (χ4v) is 2.53. The third-order valence-electron chi connectivity index (χ3n) is 3.54. The number of pyridine rings is 1. The summed E-state index contributed by atoms with van der Waals surface area (Å²) in [5, 5.41) is 6.20. The molecule has 1 aliphatic rings. The number of carbonyl (C=O) groups excluding carboxylic acids is 1. The lowest BCUT2D eigenvalue weighted by Gasteiger charge is -2.19. The van der Waals surface area contributed by atoms with Gasteiger partial charge in [-0.05, 0) is 54.8 Å². The molecule has 0 saturated heterocycles. The van der Waals surface area contributed by atoms with E-state index in [0.717, 1.165) is 36.2 Å². The van der Waals surface area contributed by atoms with Crippen LogP contribution in [0.25, 0.3) is 0 Å². The molecule has 0 atom stereocenters. The second kappa shape index (κ2) is 5.43. The Bertz CT molecular complexity index is 652. The Labute approximate surface area is 118 Å². The normalized spacial score (nSPS) is 13.7. The van der Waals surface area contributed by atoms with Gasteiger partial charge in [-0.15, -0.1) is 0 Å². The van der Waals surface area contributed by atoms with E-state index in [1.54, 1.807) is 6.20 Å². The first-order valence-electron chi connectivity index (χ1n) is 6.79. The second-order valence-corrected chi connectivity index (χ2v) is 5.04. The molecule has 0 unspecified atom stereocenters. The Kier molecular flexibility index (Phi) is 3.48. The van der Waals surface area contributed by atoms with Gasteiger partial charge in [0.2, 0.25) is 0 Å². The largest absolute Gasteiger partial charge is 0.312 e. The molecule has 0 fully saturated rings. The van der Waals surface area contributed by atoms with Gasteiger partial charge in [0.05, 0.1) is 0 Å². The van der Waals surface area contributed by atoms with Crippen LogP contribution in [0.3, 0.4) is 0 Å². The lowest BCUT2D eigenvalue weighted by molar-refractivity contribution is 0.102. The molecular weight excluding hydrogens is 250 g/mol. The topological polar surface area (TPSA) is 54.0 Å². The molecule has 0 aliphatic carbocycles. The highest BCUT2D eigenvalue weighted by Gasteiger charge is 2.17. The summed E-state index contributed by atoms with van der Waals surface area (Å²) < 4.78 is 0. The molecule has 0 radical (unpaired) electrons. The third kappa shape index (κ3) is 2.56. The maximum Gasteiger partial charge on any atom is 0.257 e. The van der Waals surface area contributed by atoms with E-state index in [9.17, 15) is 4.79 Å². The number of aromatic nitrogens is 1. The van der Waals surface area contributed by atoms with Crippen molar-refractivity contribution in [2.24, 2.45) is 0 Å². The number of aryl methyl sites for hydroxylation is 1. The van der Waals surface area contributed by atoms with Crippen LogP contribution in [0.2, 0.25) is 0 Å². The quantitative estimate of drug-likeness (QED) is 0.877. The van der Waals surface area contributed by atoms with E-state index in [1.165, 1.54) is 5.56 Å². The molecule has 4 nitrogen and oxygen atoms in total. The maximum atomic E-state index is 12.4. The van der Waals surface area contributed by atoms with Crippen molar-refractivity contribution in [3.63, 3.8) is 0 Å². The van der Waals surface area contributed by atoms with E-state index in [0.29, 0.717) is 5.82 Å². The number of carbonyl (C=O) groups is 1. The zero-order valence-corrected chi connectivity index (χ0v) is 11.4. The lowest BCUT2D eigenvalue weighted by atomic mass is 9.95. The van der Waals surface area contributed by atoms with Gasteiger partial charge in [-0.1, -0.05) is 12.1 Å². The number of fused-ring (bicyclic) bond motifs is 1. The number of amides is 1. The Balaban J connectivity index is 1.88. The van der Waals surface area contributed by atoms with Gasteiger partial charge in [0.25, 0.3) is 5.91 Å². The summed E-state index contributed by atoms with van der Waals surface area (Å²) in [4.78, 5) is 16.6. The van der Waals surface area contributed by atoms with Gasteiger partial charge in [0.15, 0.2) is 0 Å². The van der Waals surface area contributed by atoms with Gasteiger partial charge in [0.1, 0.15) is 5.82 Å². The second-order valence-electron chi connectivity index (χ2n) is 5.04. The molecule has 1 aromatic heterocycles. The van der Waals surface area contributed by atoms with Crippen molar-refractivity contribution in [3.8, 4) is 0 Å². The molecule has 1 aliphatic heterocycles. The molecule has 1 amide bonds. The molecule has 0 bridgehead atoms. The predicted molar refractivity (Wildman–Crippen MR) is 78.8 cm³/mol. The summed E-state index contributed by atoms with van der Waals surface area (Å²) in [6.45, 7) is 3.73. The van der Waals surface area contributed by atoms with Crippen molar-refractivity contribution < 1.29 is 4.79 Å². The average molecular weight is 267 g/mol. The highest BCUT2D eigenvalue weighted by atomic mass is 16.1. The van der Waals surface area contributed by atoms with E-state index < -0.39 is 0 Å². The first-order valence-corrected chi connectivity index (χ1v) is 6.79. The lowest BCUT2D eigenvalue weighted by Crippen LogP contribution is -2.26. The van der Waals surface area contributed by atoms with Crippen molar-refractivity contribution in [2.75, 3.05) is 11.9 Å². The Morgan fingerprint density at radius 3 is 3.10 bits per heavy atom. The first kappa shape index (κ1) is 12.8. The van der Waals surface area contributed by atoms with E-state index in [-0.39, 0.29) is 5.91 Å². The molecule has 2 N–H and O–H groups in total. The summed E-state index contributed by atoms with van der Waals surface area (Å²) in [7, 11) is 0. The minimum Gasteiger partial charge on any atom is -0.312 e. The van der Waals surface area contributed by atoms with Crippen molar-refractivity contribution in [1.82, 2.24) is 10.3 Å². The van der Waals surface area contributed by atoms with Crippen LogP contribution in [0, 0.1) is 6.92 Å². The van der Waals surface area contributed by atoms with Gasteiger partial charge in [-0.3, -0.25) is 4.79 Å². The Morgan fingerprint density at radius 2 is 2.25 bits per heavy atom. The van der Waals surface area contributed by atoms with Crippen LogP contribution in [0.5, 0.6) is 0 Å². The number of benzene rings is 1. The average Bonchev–Trinajstić information content (AvgIpc) is 2.46. The fraction of sp³-hybridized carbons (Fsp3) is 0.250. The zero-order valence-electron chi connectivity index (χ0n) is 11.4. The monoisotopic (exact) mass is 267 g/mol. The van der Waals surface area contributed by atoms with Gasteiger partial charge in [0, 0.05) is 18.3 Å². The van der Waals surface area contributed by atoms with Crippen LogP contribution in [-0.4, -0.2) is 17.4 Å². The molecule has 3 rings (SSSR count). The number of anilines is 1. The third-order valence-corrected chi connectivity index (χ3v) is 3.54. The summed E-state index contributed by atoms with van der Waals surface area (Å²) in [6.07, 6.45) is 2.59. The number of hydrogen-bond donors (Lipinski definition) is 2. The summed E-state index contributed by atoms with van der Waals surface area (Å²) in [6, 6.07) is 9.67. The Morgan fingerprint density at radius 1 is 1.35 bits per heavy atom. The minimum atomic E-state index is -0.0816. The fourth-order valence-electron chi connectivity index (χ4n) is 2.53. The van der Waals surface area contributed by atoms with Crippen LogP contribution >= 0.6 is 0 Å². The van der Waals surface area contributed by atoms with Crippen LogP contribution in [0.1, 0.15) is 27.0 Å². The van der Waals surface area contributed by atoms with Crippen LogP contribution < -0.4 is 10.6 Å². The van der Waals surface area contributed by atoms with Crippen LogP contribution in [0.15, 0.2) is 36.5 Å². The van der Waals surface area contributed by atoms with Gasteiger partial charge in [-0.2, -0.15) is 0 Å². The van der Waals surface area contributed by atoms with E-state index >= 15 is 0 Å². The Hall–Kier alpha value is -2.20. The molecule has 0 saturated carbocycles. The highest BCUT2D eigenvalue weighted by Crippen LogP contribution is 2.19. The van der Waals surface area contributed by atoms with Crippen molar-refractivity contribution >= 4 is 11.7 Å². The van der Waals surface area contributed by atoms with Crippen molar-refractivity contribution in [2.45, 2.75) is 19.9 Å². The van der Waals surface area contributed by atoms with Gasteiger partial charge in [-0.25, -0.2) is 4.98 Å². The number of hydrogen-bond acceptors (Lipinski definition) is 3. The summed E-state index contributed by atoms with van der Waals surface area (Å²) in [5.41, 5.74) is 4.19. The van der Waals surface area contributed by atoms with Gasteiger partial charge < -0.3 is 10.6 Å². The molecule has 1 aromatic carbocycles. The summed E-state index contributed by atoms with van der Waals surface area (Å²) >= 11 is 0.